The van der Waals surface area contributed by atoms with E-state index < -0.39 is 0 Å². The smallest absolute Gasteiger partial charge is 0.257 e. The first kappa shape index (κ1) is 13.9. The Kier molecular flexibility index (Phi) is 3.77. The summed E-state index contributed by atoms with van der Waals surface area (Å²) in [5.41, 5.74) is 1.35. The highest BCUT2D eigenvalue weighted by molar-refractivity contribution is 5.98. The maximum atomic E-state index is 12.7. The maximum absolute atomic E-state index is 12.7. The zero-order valence-corrected chi connectivity index (χ0v) is 12.5. The van der Waals surface area contributed by atoms with Crippen LogP contribution in [0.25, 0.3) is 5.82 Å². The van der Waals surface area contributed by atoms with Crippen molar-refractivity contribution in [2.24, 2.45) is 7.05 Å². The molecule has 2 heterocycles. The molecule has 1 aliphatic carbocycles. The topological polar surface area (TPSA) is 64.7 Å². The molecule has 1 aliphatic rings. The predicted molar refractivity (Wildman–Crippen MR) is 79.4 cm³/mol. The van der Waals surface area contributed by atoms with Crippen molar-refractivity contribution in [3.8, 4) is 5.82 Å². The lowest BCUT2D eigenvalue weighted by Crippen LogP contribution is -2.36. The first-order chi connectivity index (χ1) is 10.2. The number of amides is 1. The molecule has 6 nitrogen and oxygen atoms in total. The third-order valence-electron chi connectivity index (χ3n) is 4.08. The summed E-state index contributed by atoms with van der Waals surface area (Å²) in [6.45, 7) is 1.86. The van der Waals surface area contributed by atoms with Crippen LogP contribution in [0.2, 0.25) is 0 Å². The SMILES string of the molecule is Cc1nn(C)c(-n2cccn2)c1C(=O)NC1CCCCC1. The van der Waals surface area contributed by atoms with Crippen molar-refractivity contribution in [3.05, 3.63) is 29.7 Å². The zero-order valence-electron chi connectivity index (χ0n) is 12.5. The molecule has 6 heteroatoms. The van der Waals surface area contributed by atoms with Gasteiger partial charge in [-0.3, -0.25) is 4.79 Å². The highest BCUT2D eigenvalue weighted by atomic mass is 16.1. The number of rotatable bonds is 3. The average molecular weight is 287 g/mol. The monoisotopic (exact) mass is 287 g/mol. The number of hydrogen-bond donors (Lipinski definition) is 1. The molecule has 2 aromatic heterocycles. The van der Waals surface area contributed by atoms with Crippen LogP contribution in [-0.4, -0.2) is 31.5 Å². The lowest BCUT2D eigenvalue weighted by atomic mass is 9.95. The number of hydrogen-bond acceptors (Lipinski definition) is 3. The van der Waals surface area contributed by atoms with Crippen molar-refractivity contribution in [2.45, 2.75) is 45.1 Å². The normalized spacial score (nSPS) is 16.1. The van der Waals surface area contributed by atoms with E-state index in [2.05, 4.69) is 15.5 Å². The minimum Gasteiger partial charge on any atom is -0.349 e. The lowest BCUT2D eigenvalue weighted by molar-refractivity contribution is 0.0927. The molecular formula is C15H21N5O. The first-order valence-electron chi connectivity index (χ1n) is 7.51. The number of carbonyl (C=O) groups is 1. The third kappa shape index (κ3) is 2.70. The second kappa shape index (κ2) is 5.71. The minimum absolute atomic E-state index is 0.0435. The van der Waals surface area contributed by atoms with Gasteiger partial charge in [0.25, 0.3) is 5.91 Å². The Hall–Kier alpha value is -2.11. The van der Waals surface area contributed by atoms with Crippen LogP contribution in [0.15, 0.2) is 18.5 Å². The summed E-state index contributed by atoms with van der Waals surface area (Å²) in [7, 11) is 1.83. The number of nitrogens with zero attached hydrogens (tertiary/aromatic N) is 4. The third-order valence-corrected chi connectivity index (χ3v) is 4.08. The molecule has 0 spiro atoms. The molecule has 0 radical (unpaired) electrons. The van der Waals surface area contributed by atoms with Crippen LogP contribution in [0.5, 0.6) is 0 Å². The van der Waals surface area contributed by atoms with Gasteiger partial charge in [0.2, 0.25) is 0 Å². The molecule has 2 aromatic rings. The number of aryl methyl sites for hydroxylation is 2. The van der Waals surface area contributed by atoms with Crippen molar-refractivity contribution >= 4 is 5.91 Å². The van der Waals surface area contributed by atoms with Gasteiger partial charge in [-0.1, -0.05) is 19.3 Å². The van der Waals surface area contributed by atoms with Gasteiger partial charge < -0.3 is 5.32 Å². The van der Waals surface area contributed by atoms with E-state index in [1.54, 1.807) is 15.6 Å². The molecule has 1 amide bonds. The molecule has 0 unspecified atom stereocenters. The quantitative estimate of drug-likeness (QED) is 0.938. The fourth-order valence-corrected chi connectivity index (χ4v) is 3.07. The highest BCUT2D eigenvalue weighted by Gasteiger charge is 2.24. The molecular weight excluding hydrogens is 266 g/mol. The molecule has 1 fully saturated rings. The fraction of sp³-hybridized carbons (Fsp3) is 0.533. The Bertz CT molecular complexity index is 623. The zero-order chi connectivity index (χ0) is 14.8. The molecule has 1 N–H and O–H groups in total. The van der Waals surface area contributed by atoms with Crippen molar-refractivity contribution < 1.29 is 4.79 Å². The standard InChI is InChI=1S/C15H21N5O/c1-11-13(14(21)17-12-7-4-3-5-8-12)15(19(2)18-11)20-10-6-9-16-20/h6,9-10,12H,3-5,7-8H2,1-2H3,(H,17,21). The summed E-state index contributed by atoms with van der Waals surface area (Å²) >= 11 is 0. The molecule has 21 heavy (non-hydrogen) atoms. The van der Waals surface area contributed by atoms with Crippen LogP contribution in [0.3, 0.4) is 0 Å². The van der Waals surface area contributed by atoms with E-state index in [4.69, 9.17) is 0 Å². The number of carbonyl (C=O) groups excluding carboxylic acids is 1. The van der Waals surface area contributed by atoms with Crippen LogP contribution in [0.4, 0.5) is 0 Å². The molecule has 0 saturated heterocycles. The molecule has 0 aromatic carbocycles. The fourth-order valence-electron chi connectivity index (χ4n) is 3.07. The van der Waals surface area contributed by atoms with E-state index in [0.717, 1.165) is 18.5 Å². The van der Waals surface area contributed by atoms with Crippen LogP contribution in [0.1, 0.15) is 48.2 Å². The van der Waals surface area contributed by atoms with Gasteiger partial charge in [-0.2, -0.15) is 10.2 Å². The summed E-state index contributed by atoms with van der Waals surface area (Å²) in [6.07, 6.45) is 9.34. The summed E-state index contributed by atoms with van der Waals surface area (Å²) in [5.74, 6) is 0.670. The van der Waals surface area contributed by atoms with Crippen LogP contribution < -0.4 is 5.32 Å². The molecule has 1 saturated carbocycles. The summed E-state index contributed by atoms with van der Waals surface area (Å²) in [6, 6.07) is 2.13. The summed E-state index contributed by atoms with van der Waals surface area (Å²) < 4.78 is 3.40. The Balaban J connectivity index is 1.89. The van der Waals surface area contributed by atoms with Crippen LogP contribution >= 0.6 is 0 Å². The second-order valence-electron chi connectivity index (χ2n) is 5.67. The van der Waals surface area contributed by atoms with Gasteiger partial charge >= 0.3 is 0 Å². The molecule has 3 rings (SSSR count). The van der Waals surface area contributed by atoms with Crippen LogP contribution in [0, 0.1) is 6.92 Å². The number of nitrogens with one attached hydrogen (secondary N) is 1. The van der Waals surface area contributed by atoms with Crippen molar-refractivity contribution in [2.75, 3.05) is 0 Å². The first-order valence-corrected chi connectivity index (χ1v) is 7.51. The Labute approximate surface area is 124 Å². The van der Waals surface area contributed by atoms with Gasteiger partial charge in [-0.25, -0.2) is 9.36 Å². The minimum atomic E-state index is -0.0435. The summed E-state index contributed by atoms with van der Waals surface area (Å²) in [4.78, 5) is 12.7. The molecule has 0 atom stereocenters. The van der Waals surface area contributed by atoms with Crippen LogP contribution in [-0.2, 0) is 7.05 Å². The second-order valence-corrected chi connectivity index (χ2v) is 5.67. The van der Waals surface area contributed by atoms with Gasteiger partial charge in [0.05, 0.1) is 5.69 Å². The molecule has 0 bridgehead atoms. The lowest BCUT2D eigenvalue weighted by Gasteiger charge is -2.22. The van der Waals surface area contributed by atoms with Gasteiger partial charge in [0, 0.05) is 25.5 Å². The highest BCUT2D eigenvalue weighted by Crippen LogP contribution is 2.20. The van der Waals surface area contributed by atoms with E-state index in [1.807, 2.05) is 26.2 Å². The molecule has 0 aliphatic heterocycles. The number of aromatic nitrogens is 4. The Morgan fingerprint density at radius 3 is 2.76 bits per heavy atom. The van der Waals surface area contributed by atoms with Gasteiger partial charge in [-0.15, -0.1) is 0 Å². The van der Waals surface area contributed by atoms with Crippen molar-refractivity contribution in [3.63, 3.8) is 0 Å². The van der Waals surface area contributed by atoms with E-state index in [1.165, 1.54) is 19.3 Å². The van der Waals surface area contributed by atoms with E-state index in [-0.39, 0.29) is 11.9 Å². The van der Waals surface area contributed by atoms with Crippen molar-refractivity contribution in [1.29, 1.82) is 0 Å². The Morgan fingerprint density at radius 2 is 2.10 bits per heavy atom. The van der Waals surface area contributed by atoms with Gasteiger partial charge in [0.1, 0.15) is 5.56 Å². The van der Waals surface area contributed by atoms with Gasteiger partial charge in [0.15, 0.2) is 5.82 Å². The summed E-state index contributed by atoms with van der Waals surface area (Å²) in [5, 5.41) is 11.8. The van der Waals surface area contributed by atoms with E-state index >= 15 is 0 Å². The Morgan fingerprint density at radius 1 is 1.33 bits per heavy atom. The largest absolute Gasteiger partial charge is 0.349 e. The molecule has 112 valence electrons. The van der Waals surface area contributed by atoms with Crippen molar-refractivity contribution in [1.82, 2.24) is 24.9 Å². The average Bonchev–Trinajstić information content (AvgIpc) is 3.07. The maximum Gasteiger partial charge on any atom is 0.257 e. The van der Waals surface area contributed by atoms with E-state index in [0.29, 0.717) is 11.4 Å². The van der Waals surface area contributed by atoms with Gasteiger partial charge in [-0.05, 0) is 25.8 Å². The predicted octanol–water partition coefficient (Wildman–Crippen LogP) is 1.98. The van der Waals surface area contributed by atoms with E-state index in [9.17, 15) is 4.79 Å².